The van der Waals surface area contributed by atoms with Gasteiger partial charge in [0.1, 0.15) is 0 Å². The first kappa shape index (κ1) is 8.60. The van der Waals surface area contributed by atoms with Crippen molar-refractivity contribution in [1.82, 2.24) is 4.90 Å². The second kappa shape index (κ2) is 4.39. The lowest BCUT2D eigenvalue weighted by atomic mass is 10.1. The largest absolute Gasteiger partial charge is 0.381 e. The van der Waals surface area contributed by atoms with Crippen molar-refractivity contribution in [2.24, 2.45) is 0 Å². The molecule has 2 nitrogen and oxygen atoms in total. The van der Waals surface area contributed by atoms with Crippen LogP contribution in [0.4, 0.5) is 0 Å². The van der Waals surface area contributed by atoms with Gasteiger partial charge in [-0.25, -0.2) is 0 Å². The molecule has 0 saturated carbocycles. The van der Waals surface area contributed by atoms with Crippen LogP contribution in [-0.2, 0) is 4.74 Å². The lowest BCUT2D eigenvalue weighted by molar-refractivity contribution is 0.0509. The predicted octanol–water partition coefficient (Wildman–Crippen LogP) is 1.63. The quantitative estimate of drug-likeness (QED) is 0.614. The number of hydrogen-bond acceptors (Lipinski definition) is 2. The van der Waals surface area contributed by atoms with E-state index in [1.807, 2.05) is 6.20 Å². The van der Waals surface area contributed by atoms with E-state index in [1.165, 1.54) is 0 Å². The monoisotopic (exact) mass is 155 g/mol. The van der Waals surface area contributed by atoms with E-state index in [4.69, 9.17) is 4.74 Å². The molecule has 0 aliphatic carbocycles. The Morgan fingerprint density at radius 3 is 2.64 bits per heavy atom. The molecular formula is C9H17NO. The van der Waals surface area contributed by atoms with Crippen LogP contribution in [0.5, 0.6) is 0 Å². The molecule has 0 aromatic rings. The average molecular weight is 155 g/mol. The smallest absolute Gasteiger partial charge is 0.0485 e. The minimum atomic E-state index is 0.672. The van der Waals surface area contributed by atoms with Crippen molar-refractivity contribution in [2.75, 3.05) is 19.8 Å². The van der Waals surface area contributed by atoms with Gasteiger partial charge in [0.15, 0.2) is 0 Å². The van der Waals surface area contributed by atoms with E-state index in [0.29, 0.717) is 6.04 Å². The van der Waals surface area contributed by atoms with Gasteiger partial charge < -0.3 is 9.64 Å². The standard InChI is InChI=1S/C9H17NO/c1-3-10(4-2)9-5-7-11-8-6-9/h3,9H,1,4-8H2,2H3. The molecule has 1 saturated heterocycles. The Hall–Kier alpha value is -0.500. The molecule has 0 aromatic carbocycles. The van der Waals surface area contributed by atoms with Gasteiger partial charge in [-0.05, 0) is 26.0 Å². The zero-order valence-corrected chi connectivity index (χ0v) is 7.25. The third kappa shape index (κ3) is 2.22. The lowest BCUT2D eigenvalue weighted by Gasteiger charge is -2.32. The Balaban J connectivity index is 2.35. The highest BCUT2D eigenvalue weighted by Crippen LogP contribution is 2.13. The molecule has 0 unspecified atom stereocenters. The maximum absolute atomic E-state index is 5.28. The normalized spacial score (nSPS) is 19.7. The number of ether oxygens (including phenoxy) is 1. The van der Waals surface area contributed by atoms with Gasteiger partial charge in [-0.1, -0.05) is 6.58 Å². The van der Waals surface area contributed by atoms with Crippen molar-refractivity contribution in [2.45, 2.75) is 25.8 Å². The third-order valence-electron chi connectivity index (χ3n) is 2.26. The molecule has 1 rings (SSSR count). The number of rotatable bonds is 3. The summed E-state index contributed by atoms with van der Waals surface area (Å²) in [5.74, 6) is 0. The van der Waals surface area contributed by atoms with Gasteiger partial charge in [0.25, 0.3) is 0 Å². The summed E-state index contributed by atoms with van der Waals surface area (Å²) in [6, 6.07) is 0.672. The van der Waals surface area contributed by atoms with E-state index in [2.05, 4.69) is 18.4 Å². The Kier molecular flexibility index (Phi) is 3.43. The summed E-state index contributed by atoms with van der Waals surface area (Å²) < 4.78 is 5.28. The first-order chi connectivity index (χ1) is 5.38. The van der Waals surface area contributed by atoms with Crippen LogP contribution in [0.3, 0.4) is 0 Å². The molecule has 0 N–H and O–H groups in total. The molecule has 1 fully saturated rings. The number of hydrogen-bond donors (Lipinski definition) is 0. The van der Waals surface area contributed by atoms with E-state index in [-0.39, 0.29) is 0 Å². The first-order valence-corrected chi connectivity index (χ1v) is 4.34. The van der Waals surface area contributed by atoms with E-state index in [1.54, 1.807) is 0 Å². The van der Waals surface area contributed by atoms with Crippen molar-refractivity contribution in [1.29, 1.82) is 0 Å². The second-order valence-corrected chi connectivity index (χ2v) is 2.86. The van der Waals surface area contributed by atoms with Crippen LogP contribution in [0, 0.1) is 0 Å². The molecule has 0 spiro atoms. The second-order valence-electron chi connectivity index (χ2n) is 2.86. The van der Waals surface area contributed by atoms with Crippen molar-refractivity contribution < 1.29 is 4.74 Å². The van der Waals surface area contributed by atoms with Crippen molar-refractivity contribution >= 4 is 0 Å². The molecule has 2 heteroatoms. The van der Waals surface area contributed by atoms with Crippen molar-refractivity contribution in [3.63, 3.8) is 0 Å². The third-order valence-corrected chi connectivity index (χ3v) is 2.26. The first-order valence-electron chi connectivity index (χ1n) is 4.34. The number of nitrogens with zero attached hydrogens (tertiary/aromatic N) is 1. The van der Waals surface area contributed by atoms with Crippen LogP contribution in [0.15, 0.2) is 12.8 Å². The zero-order chi connectivity index (χ0) is 8.10. The average Bonchev–Trinajstić information content (AvgIpc) is 2.09. The summed E-state index contributed by atoms with van der Waals surface area (Å²) in [7, 11) is 0. The van der Waals surface area contributed by atoms with Gasteiger partial charge in [-0.3, -0.25) is 0 Å². The van der Waals surface area contributed by atoms with Gasteiger partial charge in [0, 0.05) is 25.8 Å². The molecule has 0 aromatic heterocycles. The SMILES string of the molecule is C=CN(CC)C1CCOCC1. The molecule has 64 valence electrons. The topological polar surface area (TPSA) is 12.5 Å². The van der Waals surface area contributed by atoms with Crippen LogP contribution in [0.2, 0.25) is 0 Å². The van der Waals surface area contributed by atoms with Gasteiger partial charge >= 0.3 is 0 Å². The van der Waals surface area contributed by atoms with Gasteiger partial charge in [-0.2, -0.15) is 0 Å². The van der Waals surface area contributed by atoms with Crippen LogP contribution in [-0.4, -0.2) is 30.7 Å². The minimum Gasteiger partial charge on any atom is -0.381 e. The maximum Gasteiger partial charge on any atom is 0.0485 e. The van der Waals surface area contributed by atoms with E-state index in [0.717, 1.165) is 32.6 Å². The van der Waals surface area contributed by atoms with E-state index < -0.39 is 0 Å². The van der Waals surface area contributed by atoms with Crippen molar-refractivity contribution in [3.05, 3.63) is 12.8 Å². The molecule has 0 amide bonds. The maximum atomic E-state index is 5.28. The Morgan fingerprint density at radius 2 is 2.18 bits per heavy atom. The van der Waals surface area contributed by atoms with Crippen molar-refractivity contribution in [3.8, 4) is 0 Å². The zero-order valence-electron chi connectivity index (χ0n) is 7.25. The van der Waals surface area contributed by atoms with Gasteiger partial charge in [0.2, 0.25) is 0 Å². The fourth-order valence-electron chi connectivity index (χ4n) is 1.55. The Bertz CT molecular complexity index is 119. The highest BCUT2D eigenvalue weighted by atomic mass is 16.5. The highest BCUT2D eigenvalue weighted by Gasteiger charge is 2.16. The molecule has 0 atom stereocenters. The summed E-state index contributed by atoms with van der Waals surface area (Å²) in [6.45, 7) is 8.84. The molecular weight excluding hydrogens is 138 g/mol. The summed E-state index contributed by atoms with van der Waals surface area (Å²) in [5.41, 5.74) is 0. The highest BCUT2D eigenvalue weighted by molar-refractivity contribution is 4.80. The fourth-order valence-corrected chi connectivity index (χ4v) is 1.55. The molecule has 1 aliphatic rings. The molecule has 0 radical (unpaired) electrons. The molecule has 1 aliphatic heterocycles. The molecule has 11 heavy (non-hydrogen) atoms. The summed E-state index contributed by atoms with van der Waals surface area (Å²) in [5, 5.41) is 0. The molecule has 1 heterocycles. The lowest BCUT2D eigenvalue weighted by Crippen LogP contribution is -2.35. The van der Waals surface area contributed by atoms with E-state index >= 15 is 0 Å². The van der Waals surface area contributed by atoms with Crippen LogP contribution < -0.4 is 0 Å². The predicted molar refractivity (Wildman–Crippen MR) is 46.4 cm³/mol. The van der Waals surface area contributed by atoms with Gasteiger partial charge in [0.05, 0.1) is 0 Å². The van der Waals surface area contributed by atoms with Crippen LogP contribution >= 0.6 is 0 Å². The van der Waals surface area contributed by atoms with Crippen LogP contribution in [0.25, 0.3) is 0 Å². The molecule has 0 bridgehead atoms. The Morgan fingerprint density at radius 1 is 1.55 bits per heavy atom. The summed E-state index contributed by atoms with van der Waals surface area (Å²) >= 11 is 0. The summed E-state index contributed by atoms with van der Waals surface area (Å²) in [4.78, 5) is 2.29. The Labute approximate surface area is 68.8 Å². The van der Waals surface area contributed by atoms with Gasteiger partial charge in [-0.15, -0.1) is 0 Å². The van der Waals surface area contributed by atoms with E-state index in [9.17, 15) is 0 Å². The fraction of sp³-hybridized carbons (Fsp3) is 0.778. The minimum absolute atomic E-state index is 0.672. The van der Waals surface area contributed by atoms with Crippen LogP contribution in [0.1, 0.15) is 19.8 Å². The summed E-state index contributed by atoms with van der Waals surface area (Å²) in [6.07, 6.45) is 4.25.